The molecule has 6 nitrogen and oxygen atoms in total. The molecule has 2 unspecified atom stereocenters. The summed E-state index contributed by atoms with van der Waals surface area (Å²) >= 11 is 0. The van der Waals surface area contributed by atoms with E-state index in [2.05, 4.69) is 15.6 Å². The number of ether oxygens (including phenoxy) is 2. The smallest absolute Gasteiger partial charge is 0.191 e. The van der Waals surface area contributed by atoms with Crippen molar-refractivity contribution in [2.45, 2.75) is 38.4 Å². The summed E-state index contributed by atoms with van der Waals surface area (Å²) in [6.07, 6.45) is 2.05. The Morgan fingerprint density at radius 3 is 2.62 bits per heavy atom. The van der Waals surface area contributed by atoms with Gasteiger partial charge in [-0.1, -0.05) is 0 Å². The van der Waals surface area contributed by atoms with E-state index < -0.39 is 10.8 Å². The first-order valence-electron chi connectivity index (χ1n) is 8.42. The Hall–Kier alpha value is 0.0700. The Labute approximate surface area is 166 Å². The lowest BCUT2D eigenvalue weighted by Crippen LogP contribution is -2.40. The Balaban J connectivity index is 0.00000529. The van der Waals surface area contributed by atoms with Crippen molar-refractivity contribution < 1.29 is 13.7 Å². The lowest BCUT2D eigenvalue weighted by Gasteiger charge is -2.18. The minimum atomic E-state index is -0.843. The van der Waals surface area contributed by atoms with E-state index in [1.165, 1.54) is 0 Å². The van der Waals surface area contributed by atoms with Gasteiger partial charge in [-0.2, -0.15) is 0 Å². The fourth-order valence-corrected chi connectivity index (χ4v) is 3.03. The van der Waals surface area contributed by atoms with Gasteiger partial charge in [0, 0.05) is 60.6 Å². The lowest BCUT2D eigenvalue weighted by atomic mass is 10.1. The molecule has 2 N–H and O–H groups in total. The molecule has 0 aromatic heterocycles. The second kappa shape index (κ2) is 13.3. The highest BCUT2D eigenvalue weighted by molar-refractivity contribution is 14.0. The predicted molar refractivity (Wildman–Crippen MR) is 112 cm³/mol. The number of nitrogens with zero attached hydrogens (tertiary/aromatic N) is 1. The Kier molecular flexibility index (Phi) is 13.3. The van der Waals surface area contributed by atoms with Gasteiger partial charge in [0.1, 0.15) is 0 Å². The van der Waals surface area contributed by atoms with Crippen LogP contribution in [0.1, 0.15) is 33.6 Å². The minimum Gasteiger partial charge on any atom is -0.381 e. The molecule has 0 spiro atoms. The topological polar surface area (TPSA) is 72.0 Å². The number of guanidine groups is 1. The van der Waals surface area contributed by atoms with Crippen molar-refractivity contribution in [3.05, 3.63) is 0 Å². The molecule has 1 fully saturated rings. The average Bonchev–Trinajstić information content (AvgIpc) is 3.00. The van der Waals surface area contributed by atoms with Crippen molar-refractivity contribution >= 4 is 40.7 Å². The quantitative estimate of drug-likeness (QED) is 0.230. The highest BCUT2D eigenvalue weighted by Crippen LogP contribution is 2.12. The zero-order chi connectivity index (χ0) is 17.1. The van der Waals surface area contributed by atoms with E-state index >= 15 is 0 Å². The first-order valence-corrected chi connectivity index (χ1v) is 9.74. The molecule has 0 aromatic rings. The zero-order valence-corrected chi connectivity index (χ0v) is 18.6. The van der Waals surface area contributed by atoms with Crippen LogP contribution in [-0.2, 0) is 20.3 Å². The summed E-state index contributed by atoms with van der Waals surface area (Å²) in [5.41, 5.74) is 0. The number of hydrogen-bond acceptors (Lipinski definition) is 4. The number of aliphatic imine (C=N–C) groups is 1. The van der Waals surface area contributed by atoms with Crippen LogP contribution in [0.5, 0.6) is 0 Å². The van der Waals surface area contributed by atoms with Crippen molar-refractivity contribution in [3.8, 4) is 0 Å². The van der Waals surface area contributed by atoms with Gasteiger partial charge in [-0.05, 0) is 33.6 Å². The fourth-order valence-electron chi connectivity index (χ4n) is 2.13. The Bertz CT molecular complexity index is 383. The van der Waals surface area contributed by atoms with Gasteiger partial charge in [0.25, 0.3) is 0 Å². The van der Waals surface area contributed by atoms with Crippen molar-refractivity contribution in [3.63, 3.8) is 0 Å². The van der Waals surface area contributed by atoms with Gasteiger partial charge >= 0.3 is 0 Å². The molecule has 8 heteroatoms. The highest BCUT2D eigenvalue weighted by atomic mass is 127. The molecule has 0 saturated carbocycles. The van der Waals surface area contributed by atoms with Gasteiger partial charge in [0.2, 0.25) is 0 Å². The van der Waals surface area contributed by atoms with E-state index in [1.807, 2.05) is 20.8 Å². The molecule has 2 atom stereocenters. The van der Waals surface area contributed by atoms with Gasteiger partial charge in [-0.25, -0.2) is 0 Å². The molecular weight excluding hydrogens is 441 g/mol. The third kappa shape index (κ3) is 10.8. The van der Waals surface area contributed by atoms with E-state index in [0.717, 1.165) is 51.8 Å². The molecule has 1 aliphatic heterocycles. The van der Waals surface area contributed by atoms with Crippen LogP contribution in [0.25, 0.3) is 0 Å². The zero-order valence-electron chi connectivity index (χ0n) is 15.4. The van der Waals surface area contributed by atoms with E-state index in [9.17, 15) is 4.21 Å². The fraction of sp³-hybridized carbons (Fsp3) is 0.938. The largest absolute Gasteiger partial charge is 0.381 e. The summed E-state index contributed by atoms with van der Waals surface area (Å²) in [6, 6.07) is 0. The molecule has 0 aliphatic carbocycles. The maximum atomic E-state index is 12.0. The van der Waals surface area contributed by atoms with Crippen LogP contribution in [0.2, 0.25) is 0 Å². The van der Waals surface area contributed by atoms with Crippen LogP contribution >= 0.6 is 24.0 Å². The number of hydrogen-bond donors (Lipinski definition) is 2. The molecule has 1 heterocycles. The predicted octanol–water partition coefficient (Wildman–Crippen LogP) is 1.76. The second-order valence-corrected chi connectivity index (χ2v) is 9.07. The van der Waals surface area contributed by atoms with E-state index in [4.69, 9.17) is 9.47 Å². The first-order chi connectivity index (χ1) is 10.9. The summed E-state index contributed by atoms with van der Waals surface area (Å²) in [6.45, 7) is 10.7. The standard InChI is InChI=1S/C16H33N3O3S.HI/c1-16(2,3)23(20)11-8-19-15(17-4)18-7-5-9-21-12-14-6-10-22-13-14;/h14H,5-13H2,1-4H3,(H2,17,18,19);1H. The lowest BCUT2D eigenvalue weighted by molar-refractivity contribution is 0.0888. The SMILES string of the molecule is CN=C(NCCCOCC1CCOC1)NCCS(=O)C(C)(C)C.I. The highest BCUT2D eigenvalue weighted by Gasteiger charge is 2.18. The van der Waals surface area contributed by atoms with Crippen LogP contribution in [0.3, 0.4) is 0 Å². The van der Waals surface area contributed by atoms with Gasteiger partial charge in [0.15, 0.2) is 5.96 Å². The summed E-state index contributed by atoms with van der Waals surface area (Å²) in [4.78, 5) is 4.17. The first kappa shape index (κ1) is 24.1. The minimum absolute atomic E-state index is 0. The maximum absolute atomic E-state index is 12.0. The van der Waals surface area contributed by atoms with Crippen LogP contribution in [0.4, 0.5) is 0 Å². The normalized spacial score (nSPS) is 19.7. The molecule has 1 saturated heterocycles. The molecular formula is C16H34IN3O3S. The summed E-state index contributed by atoms with van der Waals surface area (Å²) in [5.74, 6) is 1.94. The Morgan fingerprint density at radius 2 is 2.04 bits per heavy atom. The molecule has 0 radical (unpaired) electrons. The molecule has 1 rings (SSSR count). The van der Waals surface area contributed by atoms with Gasteiger partial charge in [-0.3, -0.25) is 9.20 Å². The van der Waals surface area contributed by atoms with E-state index in [0.29, 0.717) is 18.2 Å². The van der Waals surface area contributed by atoms with Crippen molar-refractivity contribution in [2.75, 3.05) is 52.3 Å². The Morgan fingerprint density at radius 1 is 1.33 bits per heavy atom. The average molecular weight is 475 g/mol. The van der Waals surface area contributed by atoms with Gasteiger partial charge in [0.05, 0.1) is 13.2 Å². The van der Waals surface area contributed by atoms with Crippen molar-refractivity contribution in [1.82, 2.24) is 10.6 Å². The second-order valence-electron chi connectivity index (χ2n) is 6.75. The van der Waals surface area contributed by atoms with Crippen molar-refractivity contribution in [2.24, 2.45) is 10.9 Å². The van der Waals surface area contributed by atoms with Crippen LogP contribution < -0.4 is 10.6 Å². The van der Waals surface area contributed by atoms with Crippen LogP contribution in [-0.4, -0.2) is 67.2 Å². The summed E-state index contributed by atoms with van der Waals surface area (Å²) in [5, 5.41) is 6.44. The molecule has 1 aliphatic rings. The van der Waals surface area contributed by atoms with E-state index in [1.54, 1.807) is 7.05 Å². The molecule has 0 amide bonds. The van der Waals surface area contributed by atoms with E-state index in [-0.39, 0.29) is 28.7 Å². The maximum Gasteiger partial charge on any atom is 0.191 e. The number of rotatable bonds is 9. The van der Waals surface area contributed by atoms with Crippen LogP contribution in [0.15, 0.2) is 4.99 Å². The van der Waals surface area contributed by atoms with Gasteiger partial charge in [-0.15, -0.1) is 24.0 Å². The monoisotopic (exact) mass is 475 g/mol. The van der Waals surface area contributed by atoms with Crippen molar-refractivity contribution in [1.29, 1.82) is 0 Å². The molecule has 24 heavy (non-hydrogen) atoms. The number of halogens is 1. The summed E-state index contributed by atoms with van der Waals surface area (Å²) in [7, 11) is 0.900. The molecule has 0 bridgehead atoms. The summed E-state index contributed by atoms with van der Waals surface area (Å²) < 4.78 is 22.8. The molecule has 144 valence electrons. The van der Waals surface area contributed by atoms with Crippen LogP contribution in [0, 0.1) is 5.92 Å². The molecule has 0 aromatic carbocycles. The number of nitrogens with one attached hydrogen (secondary N) is 2. The van der Waals surface area contributed by atoms with Gasteiger partial charge < -0.3 is 20.1 Å². The third-order valence-corrected chi connectivity index (χ3v) is 5.56. The third-order valence-electron chi connectivity index (χ3n) is 3.62.